The molecule has 0 radical (unpaired) electrons. The molecule has 0 saturated carbocycles. The quantitative estimate of drug-likeness (QED) is 0.804. The monoisotopic (exact) mass is 237 g/mol. The Morgan fingerprint density at radius 1 is 1.56 bits per heavy atom. The number of fused-ring (bicyclic) bond motifs is 1. The lowest BCUT2D eigenvalue weighted by molar-refractivity contribution is -0.116. The summed E-state index contributed by atoms with van der Waals surface area (Å²) in [6.07, 6.45) is 2.87. The zero-order chi connectivity index (χ0) is 11.5. The number of methoxy groups -OCH3 is 1. The maximum Gasteiger partial charge on any atom is 0.236 e. The number of anilines is 1. The van der Waals surface area contributed by atoms with Crippen molar-refractivity contribution in [2.24, 2.45) is 0 Å². The number of carbonyl (C=O) groups is 1. The van der Waals surface area contributed by atoms with Gasteiger partial charge in [-0.05, 0) is 36.4 Å². The van der Waals surface area contributed by atoms with Crippen LogP contribution in [0.15, 0.2) is 18.2 Å². The Labute approximate surface area is 99.8 Å². The van der Waals surface area contributed by atoms with Gasteiger partial charge in [0.25, 0.3) is 0 Å². The highest BCUT2D eigenvalue weighted by Gasteiger charge is 2.24. The van der Waals surface area contributed by atoms with E-state index in [1.165, 1.54) is 5.56 Å². The van der Waals surface area contributed by atoms with E-state index in [0.29, 0.717) is 5.75 Å². The first kappa shape index (κ1) is 11.3. The van der Waals surface area contributed by atoms with E-state index in [1.807, 2.05) is 29.4 Å². The molecule has 1 aliphatic rings. The van der Waals surface area contributed by atoms with Gasteiger partial charge in [-0.1, -0.05) is 0 Å². The molecule has 16 heavy (non-hydrogen) atoms. The summed E-state index contributed by atoms with van der Waals surface area (Å²) < 4.78 is 5.18. The number of ether oxygens (including phenoxy) is 1. The molecule has 1 heterocycles. The molecular weight excluding hydrogens is 222 g/mol. The number of rotatable bonds is 3. The Hall–Kier alpha value is -1.16. The second kappa shape index (κ2) is 4.78. The molecule has 3 nitrogen and oxygen atoms in total. The van der Waals surface area contributed by atoms with Gasteiger partial charge in [-0.25, -0.2) is 0 Å². The van der Waals surface area contributed by atoms with Crippen molar-refractivity contribution in [2.75, 3.05) is 30.6 Å². The minimum Gasteiger partial charge on any atom is -0.497 e. The van der Waals surface area contributed by atoms with Crippen molar-refractivity contribution < 1.29 is 9.53 Å². The average Bonchev–Trinajstić information content (AvgIpc) is 2.71. The number of thioether (sulfide) groups is 1. The fourth-order valence-electron chi connectivity index (χ4n) is 1.97. The Bertz CT molecular complexity index is 406. The van der Waals surface area contributed by atoms with Gasteiger partial charge >= 0.3 is 0 Å². The Kier molecular flexibility index (Phi) is 3.39. The van der Waals surface area contributed by atoms with Gasteiger partial charge in [-0.3, -0.25) is 4.79 Å². The molecule has 1 aromatic rings. The molecule has 1 aliphatic heterocycles. The Balaban J connectivity index is 2.23. The van der Waals surface area contributed by atoms with Crippen LogP contribution in [0.25, 0.3) is 0 Å². The van der Waals surface area contributed by atoms with Gasteiger partial charge in [0.15, 0.2) is 0 Å². The summed E-state index contributed by atoms with van der Waals surface area (Å²) in [6.45, 7) is 0.794. The summed E-state index contributed by atoms with van der Waals surface area (Å²) in [5.41, 5.74) is 2.24. The van der Waals surface area contributed by atoms with Crippen LogP contribution in [-0.2, 0) is 11.2 Å². The summed E-state index contributed by atoms with van der Waals surface area (Å²) in [7, 11) is 1.66. The molecule has 86 valence electrons. The third-order valence-corrected chi connectivity index (χ3v) is 3.29. The maximum absolute atomic E-state index is 11.8. The van der Waals surface area contributed by atoms with Crippen molar-refractivity contribution in [3.63, 3.8) is 0 Å². The molecule has 0 unspecified atom stereocenters. The lowest BCUT2D eigenvalue weighted by atomic mass is 10.1. The van der Waals surface area contributed by atoms with E-state index in [0.717, 1.165) is 24.4 Å². The Morgan fingerprint density at radius 3 is 3.06 bits per heavy atom. The van der Waals surface area contributed by atoms with Crippen LogP contribution >= 0.6 is 11.8 Å². The topological polar surface area (TPSA) is 29.5 Å². The van der Waals surface area contributed by atoms with Gasteiger partial charge < -0.3 is 9.64 Å². The van der Waals surface area contributed by atoms with Crippen molar-refractivity contribution in [1.82, 2.24) is 0 Å². The fourth-order valence-corrected chi connectivity index (χ4v) is 2.37. The van der Waals surface area contributed by atoms with Crippen molar-refractivity contribution >= 4 is 23.4 Å². The van der Waals surface area contributed by atoms with E-state index >= 15 is 0 Å². The molecular formula is C12H15NO2S. The van der Waals surface area contributed by atoms with Crippen LogP contribution in [0.5, 0.6) is 5.75 Å². The smallest absolute Gasteiger partial charge is 0.236 e. The Morgan fingerprint density at radius 2 is 2.38 bits per heavy atom. The number of hydrogen-bond acceptors (Lipinski definition) is 3. The first-order valence-electron chi connectivity index (χ1n) is 5.22. The third kappa shape index (κ3) is 2.02. The van der Waals surface area contributed by atoms with Gasteiger partial charge in [0, 0.05) is 12.2 Å². The standard InChI is InChI=1S/C12H15NO2S/c1-15-10-3-4-11-9(7-10)5-6-13(11)12(14)8-16-2/h3-4,7H,5-6,8H2,1-2H3. The van der Waals surface area contributed by atoms with Gasteiger partial charge in [0.05, 0.1) is 12.9 Å². The second-order valence-corrected chi connectivity index (χ2v) is 4.59. The van der Waals surface area contributed by atoms with Crippen LogP contribution in [0.3, 0.4) is 0 Å². The van der Waals surface area contributed by atoms with Crippen molar-refractivity contribution in [3.8, 4) is 5.75 Å². The molecule has 0 fully saturated rings. The molecule has 0 bridgehead atoms. The number of amides is 1. The first-order chi connectivity index (χ1) is 7.76. The number of hydrogen-bond donors (Lipinski definition) is 0. The average molecular weight is 237 g/mol. The highest BCUT2D eigenvalue weighted by Crippen LogP contribution is 2.31. The highest BCUT2D eigenvalue weighted by atomic mass is 32.2. The number of nitrogens with zero attached hydrogens (tertiary/aromatic N) is 1. The van der Waals surface area contributed by atoms with E-state index in [1.54, 1.807) is 18.9 Å². The van der Waals surface area contributed by atoms with E-state index < -0.39 is 0 Å². The van der Waals surface area contributed by atoms with E-state index in [-0.39, 0.29) is 5.91 Å². The van der Waals surface area contributed by atoms with Gasteiger partial charge in [-0.15, -0.1) is 0 Å². The molecule has 1 amide bonds. The van der Waals surface area contributed by atoms with Crippen LogP contribution in [0.4, 0.5) is 5.69 Å². The van der Waals surface area contributed by atoms with Crippen LogP contribution in [0, 0.1) is 0 Å². The summed E-state index contributed by atoms with van der Waals surface area (Å²) in [5, 5.41) is 0. The number of benzene rings is 1. The molecule has 4 heteroatoms. The third-order valence-electron chi connectivity index (χ3n) is 2.75. The zero-order valence-electron chi connectivity index (χ0n) is 9.53. The predicted octanol–water partition coefficient (Wildman–Crippen LogP) is 1.95. The molecule has 1 aromatic carbocycles. The molecule has 2 rings (SSSR count). The fraction of sp³-hybridized carbons (Fsp3) is 0.417. The first-order valence-corrected chi connectivity index (χ1v) is 6.62. The molecule has 0 saturated heterocycles. The molecule has 0 spiro atoms. The van der Waals surface area contributed by atoms with Crippen LogP contribution < -0.4 is 9.64 Å². The van der Waals surface area contributed by atoms with Gasteiger partial charge in [-0.2, -0.15) is 11.8 Å². The summed E-state index contributed by atoms with van der Waals surface area (Å²) in [4.78, 5) is 13.7. The van der Waals surface area contributed by atoms with Gasteiger partial charge in [0.1, 0.15) is 5.75 Å². The lowest BCUT2D eigenvalue weighted by Crippen LogP contribution is -2.30. The minimum absolute atomic E-state index is 0.191. The zero-order valence-corrected chi connectivity index (χ0v) is 10.3. The molecule has 0 N–H and O–H groups in total. The SMILES string of the molecule is COc1ccc2c(c1)CCN2C(=O)CSC. The minimum atomic E-state index is 0.191. The van der Waals surface area contributed by atoms with Gasteiger partial charge in [0.2, 0.25) is 5.91 Å². The summed E-state index contributed by atoms with van der Waals surface area (Å²) >= 11 is 1.56. The maximum atomic E-state index is 11.8. The van der Waals surface area contributed by atoms with Crippen LogP contribution in [0.1, 0.15) is 5.56 Å². The molecule has 0 aromatic heterocycles. The van der Waals surface area contributed by atoms with E-state index in [2.05, 4.69) is 0 Å². The van der Waals surface area contributed by atoms with Crippen LogP contribution in [-0.4, -0.2) is 31.6 Å². The van der Waals surface area contributed by atoms with Crippen molar-refractivity contribution in [1.29, 1.82) is 0 Å². The summed E-state index contributed by atoms with van der Waals surface area (Å²) in [5.74, 6) is 1.60. The predicted molar refractivity (Wildman–Crippen MR) is 67.4 cm³/mol. The summed E-state index contributed by atoms with van der Waals surface area (Å²) in [6, 6.07) is 5.89. The second-order valence-electron chi connectivity index (χ2n) is 3.72. The molecule has 0 aliphatic carbocycles. The normalized spacial score (nSPS) is 13.8. The lowest BCUT2D eigenvalue weighted by Gasteiger charge is -2.16. The van der Waals surface area contributed by atoms with E-state index in [4.69, 9.17) is 4.74 Å². The highest BCUT2D eigenvalue weighted by molar-refractivity contribution is 7.99. The largest absolute Gasteiger partial charge is 0.497 e. The van der Waals surface area contributed by atoms with Crippen LogP contribution in [0.2, 0.25) is 0 Å². The van der Waals surface area contributed by atoms with Crippen molar-refractivity contribution in [2.45, 2.75) is 6.42 Å². The van der Waals surface area contributed by atoms with Crippen molar-refractivity contribution in [3.05, 3.63) is 23.8 Å². The number of carbonyl (C=O) groups excluding carboxylic acids is 1. The van der Waals surface area contributed by atoms with E-state index in [9.17, 15) is 4.79 Å². The molecule has 0 atom stereocenters.